The van der Waals surface area contributed by atoms with E-state index >= 15 is 0 Å². The zero-order valence-electron chi connectivity index (χ0n) is 16.2. The van der Waals surface area contributed by atoms with Crippen LogP contribution in [0, 0.1) is 11.5 Å². The van der Waals surface area contributed by atoms with Crippen molar-refractivity contribution in [1.29, 1.82) is 0 Å². The van der Waals surface area contributed by atoms with Crippen molar-refractivity contribution in [2.75, 3.05) is 5.73 Å². The lowest BCUT2D eigenvalue weighted by Crippen LogP contribution is -2.16. The molecular formula is C20H20N6SSi. The molecule has 0 atom stereocenters. The van der Waals surface area contributed by atoms with Crippen LogP contribution in [-0.4, -0.2) is 32.6 Å². The van der Waals surface area contributed by atoms with Gasteiger partial charge in [0.05, 0.1) is 0 Å². The Morgan fingerprint density at radius 2 is 1.82 bits per heavy atom. The van der Waals surface area contributed by atoms with Crippen molar-refractivity contribution in [3.8, 4) is 33.4 Å². The maximum absolute atomic E-state index is 5.99. The molecule has 8 heteroatoms. The Bertz CT molecular complexity index is 1220. The van der Waals surface area contributed by atoms with E-state index in [9.17, 15) is 0 Å². The molecule has 3 aromatic heterocycles. The molecule has 6 nitrogen and oxygen atoms in total. The van der Waals surface area contributed by atoms with Gasteiger partial charge in [0.2, 0.25) is 0 Å². The van der Waals surface area contributed by atoms with E-state index < -0.39 is 8.07 Å². The van der Waals surface area contributed by atoms with E-state index in [0.29, 0.717) is 11.3 Å². The fourth-order valence-corrected chi connectivity index (χ4v) is 4.25. The third-order valence-corrected chi connectivity index (χ3v) is 5.96. The normalized spacial score (nSPS) is 11.4. The minimum Gasteiger partial charge on any atom is -0.382 e. The van der Waals surface area contributed by atoms with Crippen LogP contribution in [-0.2, 0) is 7.05 Å². The molecule has 0 spiro atoms. The zero-order chi connectivity index (χ0) is 19.9. The van der Waals surface area contributed by atoms with Crippen molar-refractivity contribution in [1.82, 2.24) is 24.5 Å². The smallest absolute Gasteiger partial charge is 0.185 e. The van der Waals surface area contributed by atoms with Crippen LogP contribution in [0.5, 0.6) is 0 Å². The second kappa shape index (κ2) is 6.85. The molecule has 0 radical (unpaired) electrons. The summed E-state index contributed by atoms with van der Waals surface area (Å²) in [7, 11) is 0.451. The predicted octanol–water partition coefficient (Wildman–Crippen LogP) is 3.96. The average molecular weight is 405 g/mol. The van der Waals surface area contributed by atoms with Gasteiger partial charge in [-0.25, -0.2) is 19.9 Å². The van der Waals surface area contributed by atoms with Crippen molar-refractivity contribution in [3.05, 3.63) is 42.5 Å². The number of hydrogen-bond acceptors (Lipinski definition) is 6. The molecule has 28 heavy (non-hydrogen) atoms. The molecule has 3 heterocycles. The number of nitrogens with two attached hydrogens (primary N) is 1. The number of nitrogens with zero attached hydrogens (tertiary/aromatic N) is 5. The number of imidazole rings is 1. The van der Waals surface area contributed by atoms with Gasteiger partial charge in [0.25, 0.3) is 0 Å². The van der Waals surface area contributed by atoms with Gasteiger partial charge in [-0.15, -0.1) is 5.54 Å². The van der Waals surface area contributed by atoms with Gasteiger partial charge in [-0.1, -0.05) is 61.3 Å². The van der Waals surface area contributed by atoms with E-state index in [-0.39, 0.29) is 0 Å². The van der Waals surface area contributed by atoms with Crippen LogP contribution in [0.25, 0.3) is 32.3 Å². The Hall–Kier alpha value is -3.02. The standard InChI is InChI=1S/C20H20N6SSi/c1-26-14(10-11-28(2,3)4)24-15(13-8-6-5-7-9-13)17(26)20-25-16-18(21)22-12-23-19(16)27-20/h5-9,12H,1-4H3,(H2,21,22,23). The SMILES string of the molecule is Cn1c(C#C[Si](C)(C)C)nc(-c2ccccc2)c1-c1nc2c(N)ncnc2s1. The molecule has 0 aliphatic rings. The van der Waals surface area contributed by atoms with Crippen molar-refractivity contribution < 1.29 is 0 Å². The topological polar surface area (TPSA) is 82.5 Å². The number of nitrogen functional groups attached to an aromatic ring is 1. The largest absolute Gasteiger partial charge is 0.382 e. The van der Waals surface area contributed by atoms with Crippen LogP contribution in [0.3, 0.4) is 0 Å². The van der Waals surface area contributed by atoms with E-state index in [0.717, 1.165) is 32.6 Å². The van der Waals surface area contributed by atoms with Crippen molar-refractivity contribution >= 4 is 35.6 Å². The van der Waals surface area contributed by atoms with Crippen LogP contribution in [0.15, 0.2) is 36.7 Å². The van der Waals surface area contributed by atoms with Gasteiger partial charge < -0.3 is 10.3 Å². The highest BCUT2D eigenvalue weighted by molar-refractivity contribution is 7.21. The van der Waals surface area contributed by atoms with Gasteiger partial charge in [0.1, 0.15) is 41.1 Å². The van der Waals surface area contributed by atoms with Gasteiger partial charge in [-0.3, -0.25) is 0 Å². The molecule has 4 aromatic rings. The predicted molar refractivity (Wildman–Crippen MR) is 117 cm³/mol. The van der Waals surface area contributed by atoms with Gasteiger partial charge >= 0.3 is 0 Å². The van der Waals surface area contributed by atoms with Gasteiger partial charge in [-0.2, -0.15) is 0 Å². The molecule has 0 saturated heterocycles. The molecule has 140 valence electrons. The summed E-state index contributed by atoms with van der Waals surface area (Å²) in [4.78, 5) is 18.7. The van der Waals surface area contributed by atoms with Crippen molar-refractivity contribution in [2.24, 2.45) is 7.05 Å². The molecule has 0 bridgehead atoms. The maximum atomic E-state index is 5.99. The number of thiazole rings is 1. The van der Waals surface area contributed by atoms with E-state index in [1.165, 1.54) is 17.7 Å². The highest BCUT2D eigenvalue weighted by Gasteiger charge is 2.21. The van der Waals surface area contributed by atoms with E-state index in [2.05, 4.69) is 41.1 Å². The van der Waals surface area contributed by atoms with E-state index in [4.69, 9.17) is 15.7 Å². The summed E-state index contributed by atoms with van der Waals surface area (Å²) in [5.41, 5.74) is 12.8. The van der Waals surface area contributed by atoms with Crippen LogP contribution < -0.4 is 5.73 Å². The highest BCUT2D eigenvalue weighted by atomic mass is 32.1. The number of rotatable bonds is 2. The first kappa shape index (κ1) is 18.3. The molecule has 0 fully saturated rings. The first-order valence-corrected chi connectivity index (χ1v) is 13.2. The number of aromatic nitrogens is 5. The quantitative estimate of drug-likeness (QED) is 0.404. The summed E-state index contributed by atoms with van der Waals surface area (Å²) in [5, 5.41) is 0.803. The minimum atomic E-state index is -1.53. The lowest BCUT2D eigenvalue weighted by Gasteiger charge is -2.04. The molecule has 0 unspecified atom stereocenters. The summed E-state index contributed by atoms with van der Waals surface area (Å²) in [6.07, 6.45) is 1.46. The first-order valence-electron chi connectivity index (χ1n) is 8.86. The van der Waals surface area contributed by atoms with Crippen LogP contribution >= 0.6 is 11.3 Å². The molecule has 4 rings (SSSR count). The molecule has 0 saturated carbocycles. The monoisotopic (exact) mass is 404 g/mol. The van der Waals surface area contributed by atoms with Crippen molar-refractivity contribution in [2.45, 2.75) is 19.6 Å². The Kier molecular flexibility index (Phi) is 4.49. The summed E-state index contributed by atoms with van der Waals surface area (Å²) >= 11 is 1.48. The lowest BCUT2D eigenvalue weighted by molar-refractivity contribution is 0.900. The Morgan fingerprint density at radius 3 is 2.50 bits per heavy atom. The third kappa shape index (κ3) is 3.42. The van der Waals surface area contributed by atoms with Crippen LogP contribution in [0.4, 0.5) is 5.82 Å². The fraction of sp³-hybridized carbons (Fsp3) is 0.200. The molecule has 0 aliphatic heterocycles. The first-order chi connectivity index (χ1) is 13.3. The number of fused-ring (bicyclic) bond motifs is 1. The summed E-state index contributed by atoms with van der Waals surface area (Å²) < 4.78 is 2.01. The van der Waals surface area contributed by atoms with Crippen LogP contribution in [0.1, 0.15) is 5.82 Å². The Balaban J connectivity index is 1.97. The van der Waals surface area contributed by atoms with E-state index in [1.807, 2.05) is 41.9 Å². The van der Waals surface area contributed by atoms with Gasteiger partial charge in [0.15, 0.2) is 11.6 Å². The second-order valence-corrected chi connectivity index (χ2v) is 13.2. The third-order valence-electron chi connectivity index (χ3n) is 4.12. The zero-order valence-corrected chi connectivity index (χ0v) is 18.0. The average Bonchev–Trinajstić information content (AvgIpc) is 3.22. The number of anilines is 1. The van der Waals surface area contributed by atoms with Gasteiger partial charge in [0, 0.05) is 12.6 Å². The lowest BCUT2D eigenvalue weighted by atomic mass is 10.1. The minimum absolute atomic E-state index is 0.384. The van der Waals surface area contributed by atoms with Gasteiger partial charge in [-0.05, 0) is 5.92 Å². The van der Waals surface area contributed by atoms with Crippen LogP contribution in [0.2, 0.25) is 19.6 Å². The molecule has 0 aliphatic carbocycles. The fourth-order valence-electron chi connectivity index (χ4n) is 2.77. The second-order valence-electron chi connectivity index (χ2n) is 7.49. The highest BCUT2D eigenvalue weighted by Crippen LogP contribution is 2.36. The molecular weight excluding hydrogens is 384 g/mol. The van der Waals surface area contributed by atoms with E-state index in [1.54, 1.807) is 0 Å². The molecule has 1 aromatic carbocycles. The maximum Gasteiger partial charge on any atom is 0.185 e. The molecule has 2 N–H and O–H groups in total. The summed E-state index contributed by atoms with van der Waals surface area (Å²) in [6.45, 7) is 6.66. The summed E-state index contributed by atoms with van der Waals surface area (Å²) in [6, 6.07) is 10.1. The summed E-state index contributed by atoms with van der Waals surface area (Å²) in [5.74, 6) is 4.40. The molecule has 0 amide bonds. The number of hydrogen-bond donors (Lipinski definition) is 1. The number of benzene rings is 1. The Morgan fingerprint density at radius 1 is 1.07 bits per heavy atom. The Labute approximate surface area is 168 Å². The van der Waals surface area contributed by atoms with Crippen molar-refractivity contribution in [3.63, 3.8) is 0 Å².